The summed E-state index contributed by atoms with van der Waals surface area (Å²) in [5.74, 6) is 0. The molecule has 0 bridgehead atoms. The van der Waals surface area contributed by atoms with Crippen molar-refractivity contribution < 1.29 is 0 Å². The van der Waals surface area contributed by atoms with Crippen molar-refractivity contribution in [3.8, 4) is 12.1 Å². The Morgan fingerprint density at radius 3 is 2.83 bits per heavy atom. The van der Waals surface area contributed by atoms with Gasteiger partial charge in [0.05, 0.1) is 0 Å². The van der Waals surface area contributed by atoms with Crippen molar-refractivity contribution >= 4 is 28.4 Å². The highest BCUT2D eigenvalue weighted by atomic mass is 32.2. The fourth-order valence-corrected chi connectivity index (χ4v) is 2.16. The van der Waals surface area contributed by atoms with Crippen LogP contribution in [0.25, 0.3) is 10.9 Å². The molecule has 0 saturated heterocycles. The van der Waals surface area contributed by atoms with E-state index in [1.807, 2.05) is 30.7 Å². The number of hydrogen-bond donors (Lipinski definition) is 2. The highest BCUT2D eigenvalue weighted by Gasteiger charge is 2.03. The van der Waals surface area contributed by atoms with Crippen molar-refractivity contribution in [1.29, 1.82) is 10.5 Å². The molecule has 0 atom stereocenters. The SMILES string of the molecule is CSc1c[nH]c2ccc(NC=C(C#N)C#N)cc12. The summed E-state index contributed by atoms with van der Waals surface area (Å²) in [6.45, 7) is 0. The number of H-pyrrole nitrogens is 1. The van der Waals surface area contributed by atoms with Gasteiger partial charge in [0.2, 0.25) is 0 Å². The Hall–Kier alpha value is -2.37. The van der Waals surface area contributed by atoms with Crippen molar-refractivity contribution in [1.82, 2.24) is 4.98 Å². The summed E-state index contributed by atoms with van der Waals surface area (Å²) in [6, 6.07) is 9.45. The van der Waals surface area contributed by atoms with Crippen LogP contribution >= 0.6 is 11.8 Å². The summed E-state index contributed by atoms with van der Waals surface area (Å²) < 4.78 is 0. The van der Waals surface area contributed by atoms with E-state index in [9.17, 15) is 0 Å². The number of nitriles is 2. The van der Waals surface area contributed by atoms with Gasteiger partial charge < -0.3 is 10.3 Å². The number of hydrogen-bond acceptors (Lipinski definition) is 4. The number of fused-ring (bicyclic) bond motifs is 1. The van der Waals surface area contributed by atoms with Gasteiger partial charge in [-0.25, -0.2) is 0 Å². The van der Waals surface area contributed by atoms with E-state index in [2.05, 4.69) is 10.3 Å². The molecule has 0 aliphatic heterocycles. The summed E-state index contributed by atoms with van der Waals surface area (Å²) in [5, 5.41) is 21.3. The van der Waals surface area contributed by atoms with Gasteiger partial charge in [-0.15, -0.1) is 11.8 Å². The van der Waals surface area contributed by atoms with Crippen LogP contribution in [0.2, 0.25) is 0 Å². The Morgan fingerprint density at radius 1 is 1.39 bits per heavy atom. The molecule has 1 aromatic heterocycles. The first-order valence-electron chi connectivity index (χ1n) is 5.20. The lowest BCUT2D eigenvalue weighted by molar-refractivity contribution is 1.42. The minimum absolute atomic E-state index is 0.0502. The zero-order chi connectivity index (χ0) is 13.0. The number of aromatic nitrogens is 1. The molecule has 0 aliphatic carbocycles. The van der Waals surface area contributed by atoms with Gasteiger partial charge >= 0.3 is 0 Å². The predicted molar refractivity (Wildman–Crippen MR) is 73.0 cm³/mol. The average molecular weight is 254 g/mol. The molecule has 5 heteroatoms. The first-order chi connectivity index (χ1) is 8.78. The standard InChI is InChI=1S/C13H10N4S/c1-18-13-8-17-12-3-2-10(4-11(12)13)16-7-9(5-14)6-15/h2-4,7-8,16-17H,1H3. The molecular formula is C13H10N4S. The minimum atomic E-state index is 0.0502. The monoisotopic (exact) mass is 254 g/mol. The van der Waals surface area contributed by atoms with Crippen LogP contribution in [0.3, 0.4) is 0 Å². The van der Waals surface area contributed by atoms with Gasteiger partial charge in [0.25, 0.3) is 0 Å². The van der Waals surface area contributed by atoms with E-state index < -0.39 is 0 Å². The van der Waals surface area contributed by atoms with Crippen molar-refractivity contribution in [3.05, 3.63) is 36.2 Å². The average Bonchev–Trinajstić information content (AvgIpc) is 2.82. The molecule has 18 heavy (non-hydrogen) atoms. The van der Waals surface area contributed by atoms with E-state index in [1.165, 1.54) is 11.1 Å². The molecule has 0 aliphatic rings. The van der Waals surface area contributed by atoms with E-state index in [4.69, 9.17) is 10.5 Å². The Bertz CT molecular complexity index is 669. The van der Waals surface area contributed by atoms with Gasteiger partial charge in [0.1, 0.15) is 17.7 Å². The van der Waals surface area contributed by atoms with Gasteiger partial charge in [-0.2, -0.15) is 10.5 Å². The smallest absolute Gasteiger partial charge is 0.145 e. The largest absolute Gasteiger partial charge is 0.360 e. The van der Waals surface area contributed by atoms with Crippen molar-refractivity contribution in [2.45, 2.75) is 4.90 Å². The van der Waals surface area contributed by atoms with Crippen molar-refractivity contribution in [2.75, 3.05) is 11.6 Å². The zero-order valence-electron chi connectivity index (χ0n) is 9.69. The van der Waals surface area contributed by atoms with Gasteiger partial charge in [-0.1, -0.05) is 0 Å². The van der Waals surface area contributed by atoms with E-state index >= 15 is 0 Å². The second kappa shape index (κ2) is 5.31. The summed E-state index contributed by atoms with van der Waals surface area (Å²) >= 11 is 1.67. The number of nitrogens with one attached hydrogen (secondary N) is 2. The predicted octanol–water partition coefficient (Wildman–Crippen LogP) is 3.23. The zero-order valence-corrected chi connectivity index (χ0v) is 10.5. The maximum atomic E-state index is 8.64. The maximum Gasteiger partial charge on any atom is 0.145 e. The molecule has 0 spiro atoms. The number of aromatic amines is 1. The molecule has 0 fully saturated rings. The molecule has 88 valence electrons. The van der Waals surface area contributed by atoms with Crippen LogP contribution in [0.4, 0.5) is 5.69 Å². The quantitative estimate of drug-likeness (QED) is 0.651. The van der Waals surface area contributed by atoms with E-state index in [-0.39, 0.29) is 5.57 Å². The lowest BCUT2D eigenvalue weighted by atomic mass is 10.2. The summed E-state index contributed by atoms with van der Waals surface area (Å²) in [4.78, 5) is 4.35. The molecular weight excluding hydrogens is 244 g/mol. The van der Waals surface area contributed by atoms with Crippen LogP contribution in [-0.2, 0) is 0 Å². The molecule has 0 radical (unpaired) electrons. The first kappa shape index (κ1) is 12.1. The topological polar surface area (TPSA) is 75.4 Å². The van der Waals surface area contributed by atoms with Gasteiger partial charge in [0.15, 0.2) is 0 Å². The normalized spacial score (nSPS) is 9.50. The van der Waals surface area contributed by atoms with Crippen LogP contribution in [-0.4, -0.2) is 11.2 Å². The van der Waals surface area contributed by atoms with Crippen LogP contribution < -0.4 is 5.32 Å². The molecule has 0 amide bonds. The molecule has 2 aromatic rings. The third-order valence-electron chi connectivity index (χ3n) is 2.49. The Kier molecular flexibility index (Phi) is 3.57. The van der Waals surface area contributed by atoms with Crippen molar-refractivity contribution in [2.24, 2.45) is 0 Å². The van der Waals surface area contributed by atoms with E-state index in [0.717, 1.165) is 16.6 Å². The first-order valence-corrected chi connectivity index (χ1v) is 6.43. The third kappa shape index (κ3) is 2.32. The summed E-state index contributed by atoms with van der Waals surface area (Å²) in [5.41, 5.74) is 1.96. The lowest BCUT2D eigenvalue weighted by Crippen LogP contribution is -1.89. The molecule has 2 N–H and O–H groups in total. The minimum Gasteiger partial charge on any atom is -0.360 e. The highest BCUT2D eigenvalue weighted by Crippen LogP contribution is 2.28. The van der Waals surface area contributed by atoms with Gasteiger partial charge in [-0.05, 0) is 24.5 Å². The molecule has 0 unspecified atom stereocenters. The van der Waals surface area contributed by atoms with Crippen LogP contribution in [0.5, 0.6) is 0 Å². The lowest BCUT2D eigenvalue weighted by Gasteiger charge is -2.01. The van der Waals surface area contributed by atoms with Crippen LogP contribution in [0.15, 0.2) is 41.1 Å². The third-order valence-corrected chi connectivity index (χ3v) is 3.27. The number of thioether (sulfide) groups is 1. The Labute approximate surface area is 109 Å². The van der Waals surface area contributed by atoms with E-state index in [0.29, 0.717) is 0 Å². The fourth-order valence-electron chi connectivity index (χ4n) is 1.60. The highest BCUT2D eigenvalue weighted by molar-refractivity contribution is 7.98. The Balaban J connectivity index is 2.33. The number of benzene rings is 1. The fraction of sp³-hybridized carbons (Fsp3) is 0.0769. The molecule has 2 rings (SSSR count). The number of anilines is 1. The van der Waals surface area contributed by atoms with Gasteiger partial charge in [0, 0.05) is 33.9 Å². The summed E-state index contributed by atoms with van der Waals surface area (Å²) in [7, 11) is 0. The molecule has 4 nitrogen and oxygen atoms in total. The second-order valence-corrected chi connectivity index (χ2v) is 4.39. The van der Waals surface area contributed by atoms with Gasteiger partial charge in [-0.3, -0.25) is 0 Å². The second-order valence-electron chi connectivity index (χ2n) is 3.54. The Morgan fingerprint density at radius 2 is 2.17 bits per heavy atom. The van der Waals surface area contributed by atoms with E-state index in [1.54, 1.807) is 23.9 Å². The van der Waals surface area contributed by atoms with Crippen LogP contribution in [0, 0.1) is 22.7 Å². The summed E-state index contributed by atoms with van der Waals surface area (Å²) in [6.07, 6.45) is 5.39. The van der Waals surface area contributed by atoms with Crippen LogP contribution in [0.1, 0.15) is 0 Å². The molecule has 1 aromatic carbocycles. The van der Waals surface area contributed by atoms with Crippen molar-refractivity contribution in [3.63, 3.8) is 0 Å². The molecule has 1 heterocycles. The number of allylic oxidation sites excluding steroid dienone is 1. The number of nitrogens with zero attached hydrogens (tertiary/aromatic N) is 2. The maximum absolute atomic E-state index is 8.64. The molecule has 0 saturated carbocycles. The number of rotatable bonds is 3.